The fourth-order valence-electron chi connectivity index (χ4n) is 3.10. The number of halogens is 1. The number of nitrogens with zero attached hydrogens (tertiary/aromatic N) is 3. The van der Waals surface area contributed by atoms with Gasteiger partial charge in [-0.3, -0.25) is 0 Å². The lowest BCUT2D eigenvalue weighted by molar-refractivity contribution is 0.0735. The third-order valence-electron chi connectivity index (χ3n) is 4.73. The summed E-state index contributed by atoms with van der Waals surface area (Å²) in [7, 11) is 0. The largest absolute Gasteiger partial charge is 0.423 e. The number of esters is 1. The summed E-state index contributed by atoms with van der Waals surface area (Å²) in [5.74, 6) is 0.184. The molecule has 4 rings (SSSR count). The Kier molecular flexibility index (Phi) is 5.43. The number of hydrogen-bond donors (Lipinski definition) is 0. The van der Waals surface area contributed by atoms with E-state index in [4.69, 9.17) is 9.72 Å². The van der Waals surface area contributed by atoms with Crippen molar-refractivity contribution in [2.75, 3.05) is 37.6 Å². The lowest BCUT2D eigenvalue weighted by atomic mass is 10.2. The molecule has 7 heteroatoms. The zero-order chi connectivity index (χ0) is 18.8. The van der Waals surface area contributed by atoms with Gasteiger partial charge in [0, 0.05) is 36.7 Å². The summed E-state index contributed by atoms with van der Waals surface area (Å²) in [4.78, 5) is 21.9. The highest BCUT2D eigenvalue weighted by Gasteiger charge is 2.19. The lowest BCUT2D eigenvalue weighted by Crippen LogP contribution is -2.46. The van der Waals surface area contributed by atoms with Crippen LogP contribution in [0.4, 0.5) is 5.13 Å². The molecule has 1 aromatic heterocycles. The SMILES string of the molecule is CCN1CCN(c2nc3ccc(OC(=O)c4ccc(Br)cc4)cc3s2)CC1. The third kappa shape index (κ3) is 4.15. The van der Waals surface area contributed by atoms with Gasteiger partial charge in [-0.05, 0) is 42.9 Å². The maximum absolute atomic E-state index is 12.3. The Labute approximate surface area is 170 Å². The summed E-state index contributed by atoms with van der Waals surface area (Å²) in [5, 5.41) is 1.04. The second-order valence-electron chi connectivity index (χ2n) is 6.44. The Bertz CT molecular complexity index is 950. The van der Waals surface area contributed by atoms with E-state index in [-0.39, 0.29) is 5.97 Å². The molecule has 1 aliphatic heterocycles. The average molecular weight is 446 g/mol. The first-order valence-corrected chi connectivity index (χ1v) is 10.6. The molecule has 0 radical (unpaired) electrons. The van der Waals surface area contributed by atoms with Crippen molar-refractivity contribution in [1.82, 2.24) is 9.88 Å². The molecule has 0 atom stereocenters. The predicted octanol–water partition coefficient (Wildman–Crippen LogP) is 4.42. The molecule has 2 heterocycles. The first-order valence-electron chi connectivity index (χ1n) is 8.98. The molecular weight excluding hydrogens is 426 g/mol. The molecule has 2 aromatic carbocycles. The highest BCUT2D eigenvalue weighted by molar-refractivity contribution is 9.10. The van der Waals surface area contributed by atoms with Crippen molar-refractivity contribution in [2.24, 2.45) is 0 Å². The zero-order valence-corrected chi connectivity index (χ0v) is 17.4. The van der Waals surface area contributed by atoms with Crippen LogP contribution in [0.1, 0.15) is 17.3 Å². The van der Waals surface area contributed by atoms with Crippen molar-refractivity contribution in [2.45, 2.75) is 6.92 Å². The van der Waals surface area contributed by atoms with E-state index in [0.29, 0.717) is 11.3 Å². The fourth-order valence-corrected chi connectivity index (χ4v) is 4.41. The highest BCUT2D eigenvalue weighted by Crippen LogP contribution is 2.32. The number of thiazole rings is 1. The molecule has 0 aliphatic carbocycles. The molecule has 0 saturated carbocycles. The van der Waals surface area contributed by atoms with E-state index in [9.17, 15) is 4.79 Å². The quantitative estimate of drug-likeness (QED) is 0.439. The minimum absolute atomic E-state index is 0.359. The van der Waals surface area contributed by atoms with Crippen molar-refractivity contribution in [3.8, 4) is 5.75 Å². The number of piperazine rings is 1. The molecule has 1 fully saturated rings. The van der Waals surface area contributed by atoms with Crippen LogP contribution < -0.4 is 9.64 Å². The standard InChI is InChI=1S/C20H20BrN3O2S/c1-2-23-9-11-24(12-10-23)20-22-17-8-7-16(13-18(17)27-20)26-19(25)14-3-5-15(21)6-4-14/h3-8,13H,2,9-12H2,1H3. The van der Waals surface area contributed by atoms with Crippen LogP contribution in [0, 0.1) is 0 Å². The number of anilines is 1. The lowest BCUT2D eigenvalue weighted by Gasteiger charge is -2.33. The monoisotopic (exact) mass is 445 g/mol. The van der Waals surface area contributed by atoms with E-state index in [1.807, 2.05) is 24.3 Å². The van der Waals surface area contributed by atoms with E-state index in [2.05, 4.69) is 32.7 Å². The van der Waals surface area contributed by atoms with E-state index in [1.165, 1.54) is 0 Å². The number of aromatic nitrogens is 1. The van der Waals surface area contributed by atoms with Gasteiger partial charge in [-0.2, -0.15) is 0 Å². The van der Waals surface area contributed by atoms with Crippen LogP contribution in [0.15, 0.2) is 46.9 Å². The molecule has 1 aliphatic rings. The highest BCUT2D eigenvalue weighted by atomic mass is 79.9. The van der Waals surface area contributed by atoms with Gasteiger partial charge in [-0.25, -0.2) is 9.78 Å². The van der Waals surface area contributed by atoms with Crippen LogP contribution in [0.3, 0.4) is 0 Å². The van der Waals surface area contributed by atoms with E-state index < -0.39 is 0 Å². The van der Waals surface area contributed by atoms with Gasteiger partial charge in [0.1, 0.15) is 5.75 Å². The van der Waals surface area contributed by atoms with Gasteiger partial charge in [-0.15, -0.1) is 0 Å². The summed E-state index contributed by atoms with van der Waals surface area (Å²) in [6.07, 6.45) is 0. The second-order valence-corrected chi connectivity index (χ2v) is 8.37. The third-order valence-corrected chi connectivity index (χ3v) is 6.34. The normalized spacial score (nSPS) is 15.3. The van der Waals surface area contributed by atoms with Crippen LogP contribution in [0.25, 0.3) is 10.2 Å². The predicted molar refractivity (Wildman–Crippen MR) is 113 cm³/mol. The summed E-state index contributed by atoms with van der Waals surface area (Å²) in [5.41, 5.74) is 1.47. The molecule has 0 bridgehead atoms. The Hall–Kier alpha value is -1.96. The van der Waals surface area contributed by atoms with Crippen molar-refractivity contribution in [1.29, 1.82) is 0 Å². The van der Waals surface area contributed by atoms with Crippen LogP contribution >= 0.6 is 27.3 Å². The molecule has 3 aromatic rings. The molecule has 0 amide bonds. The number of benzene rings is 2. The molecule has 140 valence electrons. The molecule has 0 unspecified atom stereocenters. The Morgan fingerprint density at radius 1 is 1.15 bits per heavy atom. The summed E-state index contributed by atoms with van der Waals surface area (Å²) in [6.45, 7) is 7.44. The van der Waals surface area contributed by atoms with Crippen molar-refractivity contribution in [3.63, 3.8) is 0 Å². The number of carbonyl (C=O) groups is 1. The van der Waals surface area contributed by atoms with E-state index in [0.717, 1.165) is 52.5 Å². The van der Waals surface area contributed by atoms with Crippen molar-refractivity contribution >= 4 is 48.6 Å². The summed E-state index contributed by atoms with van der Waals surface area (Å²) in [6, 6.07) is 12.8. The number of likely N-dealkylation sites (N-methyl/N-ethyl adjacent to an activating group) is 1. The molecule has 0 spiro atoms. The smallest absolute Gasteiger partial charge is 0.343 e. The van der Waals surface area contributed by atoms with Crippen LogP contribution in [0.2, 0.25) is 0 Å². The Balaban J connectivity index is 1.49. The number of carbonyl (C=O) groups excluding carboxylic acids is 1. The minimum Gasteiger partial charge on any atom is -0.423 e. The Morgan fingerprint density at radius 2 is 1.89 bits per heavy atom. The molecular formula is C20H20BrN3O2S. The Morgan fingerprint density at radius 3 is 2.59 bits per heavy atom. The van der Waals surface area contributed by atoms with Crippen LogP contribution in [-0.4, -0.2) is 48.6 Å². The van der Waals surface area contributed by atoms with Crippen molar-refractivity contribution < 1.29 is 9.53 Å². The average Bonchev–Trinajstić information content (AvgIpc) is 3.12. The number of ether oxygens (including phenoxy) is 1. The van der Waals surface area contributed by atoms with Gasteiger partial charge in [0.2, 0.25) is 0 Å². The summed E-state index contributed by atoms with van der Waals surface area (Å²) < 4.78 is 7.50. The summed E-state index contributed by atoms with van der Waals surface area (Å²) >= 11 is 5.02. The first kappa shape index (κ1) is 18.4. The van der Waals surface area contributed by atoms with Gasteiger partial charge in [0.25, 0.3) is 0 Å². The topological polar surface area (TPSA) is 45.7 Å². The van der Waals surface area contributed by atoms with Gasteiger partial charge >= 0.3 is 5.97 Å². The first-order chi connectivity index (χ1) is 13.1. The molecule has 5 nitrogen and oxygen atoms in total. The minimum atomic E-state index is -0.359. The van der Waals surface area contributed by atoms with Gasteiger partial charge in [0.05, 0.1) is 15.8 Å². The number of hydrogen-bond acceptors (Lipinski definition) is 6. The van der Waals surface area contributed by atoms with Gasteiger partial charge in [-0.1, -0.05) is 34.2 Å². The van der Waals surface area contributed by atoms with Gasteiger partial charge < -0.3 is 14.5 Å². The number of rotatable bonds is 4. The van der Waals surface area contributed by atoms with E-state index in [1.54, 1.807) is 29.5 Å². The molecule has 0 N–H and O–H groups in total. The van der Waals surface area contributed by atoms with Crippen LogP contribution in [0.5, 0.6) is 5.75 Å². The second kappa shape index (κ2) is 7.96. The number of fused-ring (bicyclic) bond motifs is 1. The van der Waals surface area contributed by atoms with Crippen molar-refractivity contribution in [3.05, 3.63) is 52.5 Å². The van der Waals surface area contributed by atoms with E-state index >= 15 is 0 Å². The molecule has 1 saturated heterocycles. The maximum atomic E-state index is 12.3. The molecule has 27 heavy (non-hydrogen) atoms. The van der Waals surface area contributed by atoms with Gasteiger partial charge in [0.15, 0.2) is 5.13 Å². The fraction of sp³-hybridized carbons (Fsp3) is 0.300. The zero-order valence-electron chi connectivity index (χ0n) is 15.0. The maximum Gasteiger partial charge on any atom is 0.343 e. The van der Waals surface area contributed by atoms with Crippen LogP contribution in [-0.2, 0) is 0 Å².